The summed E-state index contributed by atoms with van der Waals surface area (Å²) in [4.78, 5) is 8.77. The number of pyridine rings is 1. The molecular formula is C22H27FN6. The zero-order valence-electron chi connectivity index (χ0n) is 17.3. The van der Waals surface area contributed by atoms with Gasteiger partial charge in [0.1, 0.15) is 5.82 Å². The molecule has 0 aliphatic carbocycles. The van der Waals surface area contributed by atoms with E-state index in [1.165, 1.54) is 6.07 Å². The Morgan fingerprint density at radius 2 is 1.93 bits per heavy atom. The number of nitrogens with one attached hydrogen (secondary N) is 2. The summed E-state index contributed by atoms with van der Waals surface area (Å²) in [5, 5.41) is 11.0. The fraction of sp³-hybridized carbons (Fsp3) is 0.318. The third kappa shape index (κ3) is 5.40. The minimum absolute atomic E-state index is 0.200. The van der Waals surface area contributed by atoms with Gasteiger partial charge in [0.25, 0.3) is 0 Å². The van der Waals surface area contributed by atoms with Crippen molar-refractivity contribution in [2.45, 2.75) is 33.7 Å². The molecule has 2 heterocycles. The molecule has 0 aliphatic heterocycles. The Labute approximate surface area is 170 Å². The Hall–Kier alpha value is -3.22. The highest BCUT2D eigenvalue weighted by atomic mass is 19.1. The van der Waals surface area contributed by atoms with Gasteiger partial charge in [0, 0.05) is 32.0 Å². The van der Waals surface area contributed by atoms with Crippen LogP contribution in [0.4, 0.5) is 4.39 Å². The van der Waals surface area contributed by atoms with E-state index in [-0.39, 0.29) is 5.82 Å². The summed E-state index contributed by atoms with van der Waals surface area (Å²) >= 11 is 0. The van der Waals surface area contributed by atoms with E-state index in [2.05, 4.69) is 25.7 Å². The second-order valence-corrected chi connectivity index (χ2v) is 7.04. The van der Waals surface area contributed by atoms with Crippen LogP contribution < -0.4 is 10.6 Å². The number of nitrogens with zero attached hydrogens (tertiary/aromatic N) is 4. The molecule has 0 saturated heterocycles. The van der Waals surface area contributed by atoms with E-state index in [4.69, 9.17) is 0 Å². The van der Waals surface area contributed by atoms with Crippen LogP contribution in [0.15, 0.2) is 47.6 Å². The minimum Gasteiger partial charge on any atom is -0.356 e. The smallest absolute Gasteiger partial charge is 0.191 e. The van der Waals surface area contributed by atoms with Crippen LogP contribution in [0.1, 0.15) is 28.1 Å². The lowest BCUT2D eigenvalue weighted by Crippen LogP contribution is -2.37. The lowest BCUT2D eigenvalue weighted by Gasteiger charge is -2.13. The van der Waals surface area contributed by atoms with Crippen LogP contribution >= 0.6 is 0 Å². The third-order valence-electron chi connectivity index (χ3n) is 4.71. The van der Waals surface area contributed by atoms with Crippen molar-refractivity contribution in [2.24, 2.45) is 4.99 Å². The Morgan fingerprint density at radius 1 is 1.10 bits per heavy atom. The van der Waals surface area contributed by atoms with E-state index in [9.17, 15) is 4.39 Å². The largest absolute Gasteiger partial charge is 0.356 e. The van der Waals surface area contributed by atoms with Crippen LogP contribution in [-0.2, 0) is 13.0 Å². The molecule has 6 nitrogen and oxygen atoms in total. The molecule has 0 amide bonds. The van der Waals surface area contributed by atoms with Crippen LogP contribution in [-0.4, -0.2) is 34.3 Å². The summed E-state index contributed by atoms with van der Waals surface area (Å²) in [5.74, 6) is 1.32. The number of benzene rings is 1. The first-order chi connectivity index (χ1) is 14.0. The average molecular weight is 394 g/mol. The van der Waals surface area contributed by atoms with Crippen molar-refractivity contribution in [3.63, 3.8) is 0 Å². The Balaban J connectivity index is 1.51. The number of aryl methyl sites for hydroxylation is 3. The van der Waals surface area contributed by atoms with E-state index >= 15 is 0 Å². The summed E-state index contributed by atoms with van der Waals surface area (Å²) in [6.45, 7) is 7.23. The van der Waals surface area contributed by atoms with Gasteiger partial charge in [0.2, 0.25) is 0 Å². The molecule has 29 heavy (non-hydrogen) atoms. The van der Waals surface area contributed by atoms with Crippen molar-refractivity contribution in [3.8, 4) is 5.82 Å². The molecule has 0 unspecified atom stereocenters. The van der Waals surface area contributed by atoms with Crippen molar-refractivity contribution in [3.05, 3.63) is 76.5 Å². The molecule has 0 atom stereocenters. The summed E-state index contributed by atoms with van der Waals surface area (Å²) in [6, 6.07) is 10.9. The number of halogens is 1. The maximum Gasteiger partial charge on any atom is 0.191 e. The Kier molecular flexibility index (Phi) is 6.59. The molecule has 3 aromatic rings. The van der Waals surface area contributed by atoms with Gasteiger partial charge in [-0.15, -0.1) is 0 Å². The number of aliphatic imine (C=N–C) groups is 1. The van der Waals surface area contributed by atoms with E-state index in [1.54, 1.807) is 13.1 Å². The summed E-state index contributed by atoms with van der Waals surface area (Å²) in [5.41, 5.74) is 5.16. The van der Waals surface area contributed by atoms with E-state index in [1.807, 2.05) is 55.9 Å². The molecule has 152 valence electrons. The van der Waals surface area contributed by atoms with Crippen molar-refractivity contribution < 1.29 is 4.39 Å². The normalized spacial score (nSPS) is 11.6. The van der Waals surface area contributed by atoms with Crippen LogP contribution in [0.25, 0.3) is 5.82 Å². The molecule has 0 saturated carbocycles. The standard InChI is InChI=1S/C22H27FN6/c1-15-11-20(23)7-6-19(15)9-10-25-22(24-4)27-14-18-5-8-21(26-13-18)29-17(3)12-16(2)28-29/h5-8,11-13H,9-10,14H2,1-4H3,(H2,24,25,27). The van der Waals surface area contributed by atoms with Crippen molar-refractivity contribution in [2.75, 3.05) is 13.6 Å². The van der Waals surface area contributed by atoms with E-state index in [0.717, 1.165) is 40.3 Å². The lowest BCUT2D eigenvalue weighted by molar-refractivity contribution is 0.625. The summed E-state index contributed by atoms with van der Waals surface area (Å²) in [6.07, 6.45) is 2.64. The first-order valence-electron chi connectivity index (χ1n) is 9.64. The quantitative estimate of drug-likeness (QED) is 0.498. The van der Waals surface area contributed by atoms with Crippen molar-refractivity contribution in [1.29, 1.82) is 0 Å². The average Bonchev–Trinajstić information content (AvgIpc) is 3.04. The zero-order valence-corrected chi connectivity index (χ0v) is 17.3. The van der Waals surface area contributed by atoms with Crippen molar-refractivity contribution in [1.82, 2.24) is 25.4 Å². The minimum atomic E-state index is -0.200. The summed E-state index contributed by atoms with van der Waals surface area (Å²) in [7, 11) is 1.74. The van der Waals surface area contributed by atoms with Crippen LogP contribution in [0.2, 0.25) is 0 Å². The van der Waals surface area contributed by atoms with Gasteiger partial charge in [-0.2, -0.15) is 5.10 Å². The number of aromatic nitrogens is 3. The number of guanidine groups is 1. The van der Waals surface area contributed by atoms with Crippen molar-refractivity contribution >= 4 is 5.96 Å². The van der Waals surface area contributed by atoms with Gasteiger partial charge >= 0.3 is 0 Å². The summed E-state index contributed by atoms with van der Waals surface area (Å²) < 4.78 is 15.0. The highest BCUT2D eigenvalue weighted by Crippen LogP contribution is 2.11. The van der Waals surface area contributed by atoms with Gasteiger partial charge in [-0.1, -0.05) is 12.1 Å². The van der Waals surface area contributed by atoms with Gasteiger partial charge in [-0.25, -0.2) is 14.1 Å². The molecule has 2 N–H and O–H groups in total. The molecule has 7 heteroatoms. The first kappa shape index (κ1) is 20.5. The predicted octanol–water partition coefficient (Wildman–Crippen LogP) is 3.24. The SMILES string of the molecule is CN=C(NCCc1ccc(F)cc1C)NCc1ccc(-n2nc(C)cc2C)nc1. The van der Waals surface area contributed by atoms with Gasteiger partial charge in [0.15, 0.2) is 11.8 Å². The molecular weight excluding hydrogens is 367 g/mol. The van der Waals surface area contributed by atoms with Gasteiger partial charge < -0.3 is 10.6 Å². The maximum absolute atomic E-state index is 13.2. The van der Waals surface area contributed by atoms with Gasteiger partial charge in [-0.05, 0) is 68.1 Å². The second kappa shape index (κ2) is 9.32. The fourth-order valence-electron chi connectivity index (χ4n) is 3.17. The first-order valence-corrected chi connectivity index (χ1v) is 9.64. The molecule has 0 aliphatic rings. The molecule has 1 aromatic carbocycles. The number of hydrogen-bond acceptors (Lipinski definition) is 3. The fourth-order valence-corrected chi connectivity index (χ4v) is 3.17. The molecule has 0 fully saturated rings. The topological polar surface area (TPSA) is 67.1 Å². The van der Waals surface area contributed by atoms with Crippen LogP contribution in [0.5, 0.6) is 0 Å². The Morgan fingerprint density at radius 3 is 2.55 bits per heavy atom. The van der Waals surface area contributed by atoms with Crippen LogP contribution in [0.3, 0.4) is 0 Å². The second-order valence-electron chi connectivity index (χ2n) is 7.04. The zero-order chi connectivity index (χ0) is 20.8. The Bertz CT molecular complexity index is 991. The maximum atomic E-state index is 13.2. The molecule has 3 rings (SSSR count). The molecule has 0 radical (unpaired) electrons. The molecule has 0 spiro atoms. The van der Waals surface area contributed by atoms with E-state index < -0.39 is 0 Å². The van der Waals surface area contributed by atoms with Gasteiger partial charge in [-0.3, -0.25) is 4.99 Å². The molecule has 2 aromatic heterocycles. The number of rotatable bonds is 6. The lowest BCUT2D eigenvalue weighted by atomic mass is 10.1. The monoisotopic (exact) mass is 394 g/mol. The van der Waals surface area contributed by atoms with E-state index in [0.29, 0.717) is 19.0 Å². The highest BCUT2D eigenvalue weighted by Gasteiger charge is 2.06. The van der Waals surface area contributed by atoms with Crippen LogP contribution in [0, 0.1) is 26.6 Å². The van der Waals surface area contributed by atoms with Gasteiger partial charge in [0.05, 0.1) is 5.69 Å². The third-order valence-corrected chi connectivity index (χ3v) is 4.71. The molecule has 0 bridgehead atoms. The number of hydrogen-bond donors (Lipinski definition) is 2. The predicted molar refractivity (Wildman–Crippen MR) is 114 cm³/mol. The highest BCUT2D eigenvalue weighted by molar-refractivity contribution is 5.79.